The Labute approximate surface area is 109 Å². The number of amides is 1. The van der Waals surface area contributed by atoms with Crippen LogP contribution in [0.15, 0.2) is 18.2 Å². The van der Waals surface area contributed by atoms with E-state index in [4.69, 9.17) is 10.5 Å². The van der Waals surface area contributed by atoms with E-state index in [9.17, 15) is 4.79 Å². The van der Waals surface area contributed by atoms with E-state index in [1.165, 1.54) is 0 Å². The van der Waals surface area contributed by atoms with Crippen LogP contribution in [0.4, 0.5) is 5.69 Å². The second-order valence-corrected chi connectivity index (χ2v) is 4.49. The number of hydrogen-bond donors (Lipinski definition) is 2. The zero-order chi connectivity index (χ0) is 13.5. The summed E-state index contributed by atoms with van der Waals surface area (Å²) in [4.78, 5) is 12.0. The minimum Gasteiger partial charge on any atom is -0.398 e. The van der Waals surface area contributed by atoms with Gasteiger partial charge in [0.1, 0.15) is 0 Å². The van der Waals surface area contributed by atoms with Gasteiger partial charge >= 0.3 is 0 Å². The van der Waals surface area contributed by atoms with Crippen molar-refractivity contribution in [3.8, 4) is 0 Å². The molecule has 1 amide bonds. The van der Waals surface area contributed by atoms with Gasteiger partial charge in [0, 0.05) is 18.4 Å². The number of rotatable bonds is 6. The number of carbonyl (C=O) groups excluding carboxylic acids is 1. The van der Waals surface area contributed by atoms with Crippen molar-refractivity contribution in [1.29, 1.82) is 0 Å². The second kappa shape index (κ2) is 7.01. The Bertz CT molecular complexity index is 399. The first-order chi connectivity index (χ1) is 8.58. The Kier molecular flexibility index (Phi) is 5.65. The Balaban J connectivity index is 2.70. The molecule has 1 aromatic carbocycles. The maximum atomic E-state index is 12.0. The lowest BCUT2D eigenvalue weighted by Gasteiger charge is -2.17. The van der Waals surface area contributed by atoms with Gasteiger partial charge in [-0.15, -0.1) is 0 Å². The molecule has 100 valence electrons. The number of carbonyl (C=O) groups is 1. The number of nitrogens with two attached hydrogens (primary N) is 1. The molecule has 1 atom stereocenters. The summed E-state index contributed by atoms with van der Waals surface area (Å²) in [5, 5.41) is 2.96. The molecule has 0 saturated carbocycles. The predicted molar refractivity (Wildman–Crippen MR) is 73.6 cm³/mol. The summed E-state index contributed by atoms with van der Waals surface area (Å²) < 4.78 is 5.10. The normalized spacial score (nSPS) is 12.2. The van der Waals surface area contributed by atoms with E-state index in [2.05, 4.69) is 12.2 Å². The van der Waals surface area contributed by atoms with Crippen LogP contribution < -0.4 is 11.1 Å². The molecule has 1 unspecified atom stereocenters. The number of anilines is 1. The van der Waals surface area contributed by atoms with Gasteiger partial charge in [-0.1, -0.05) is 19.4 Å². The monoisotopic (exact) mass is 250 g/mol. The summed E-state index contributed by atoms with van der Waals surface area (Å²) in [6.45, 7) is 4.53. The quantitative estimate of drug-likeness (QED) is 0.760. The molecule has 0 aliphatic carbocycles. The van der Waals surface area contributed by atoms with Gasteiger partial charge in [-0.25, -0.2) is 0 Å². The van der Waals surface area contributed by atoms with Crippen LogP contribution in [0, 0.1) is 6.92 Å². The molecule has 0 heterocycles. The summed E-state index contributed by atoms with van der Waals surface area (Å²) >= 11 is 0. The fraction of sp³-hybridized carbons (Fsp3) is 0.500. The zero-order valence-electron chi connectivity index (χ0n) is 11.3. The molecule has 4 nitrogen and oxygen atoms in total. The number of methoxy groups -OCH3 is 1. The van der Waals surface area contributed by atoms with Crippen LogP contribution >= 0.6 is 0 Å². The highest BCUT2D eigenvalue weighted by Crippen LogP contribution is 2.13. The van der Waals surface area contributed by atoms with Crippen molar-refractivity contribution < 1.29 is 9.53 Å². The number of aryl methyl sites for hydroxylation is 1. The molecule has 0 saturated heterocycles. The van der Waals surface area contributed by atoms with Gasteiger partial charge in [0.2, 0.25) is 0 Å². The Hall–Kier alpha value is -1.55. The maximum Gasteiger partial charge on any atom is 0.251 e. The van der Waals surface area contributed by atoms with Gasteiger partial charge in [-0.2, -0.15) is 0 Å². The largest absolute Gasteiger partial charge is 0.398 e. The zero-order valence-corrected chi connectivity index (χ0v) is 11.3. The predicted octanol–water partition coefficient (Wildman–Crippen LogP) is 2.12. The van der Waals surface area contributed by atoms with Gasteiger partial charge in [-0.3, -0.25) is 4.79 Å². The summed E-state index contributed by atoms with van der Waals surface area (Å²) in [6.07, 6.45) is 1.91. The third-order valence-corrected chi connectivity index (χ3v) is 2.88. The molecule has 0 aromatic heterocycles. The smallest absolute Gasteiger partial charge is 0.251 e. The highest BCUT2D eigenvalue weighted by molar-refractivity contribution is 5.95. The Morgan fingerprint density at radius 1 is 1.50 bits per heavy atom. The van der Waals surface area contributed by atoms with Crippen LogP contribution in [-0.2, 0) is 4.74 Å². The van der Waals surface area contributed by atoms with Crippen LogP contribution in [-0.4, -0.2) is 25.7 Å². The fourth-order valence-corrected chi connectivity index (χ4v) is 1.80. The van der Waals surface area contributed by atoms with E-state index < -0.39 is 0 Å². The number of nitrogens with one attached hydrogen (secondary N) is 1. The fourth-order valence-electron chi connectivity index (χ4n) is 1.80. The van der Waals surface area contributed by atoms with Crippen LogP contribution in [0.3, 0.4) is 0 Å². The van der Waals surface area contributed by atoms with Crippen LogP contribution in [0.25, 0.3) is 0 Å². The van der Waals surface area contributed by atoms with Crippen LogP contribution in [0.2, 0.25) is 0 Å². The van der Waals surface area contributed by atoms with Gasteiger partial charge in [0.05, 0.1) is 12.6 Å². The third kappa shape index (κ3) is 4.04. The summed E-state index contributed by atoms with van der Waals surface area (Å²) in [6, 6.07) is 5.40. The first-order valence-electron chi connectivity index (χ1n) is 6.24. The average molecular weight is 250 g/mol. The average Bonchev–Trinajstić information content (AvgIpc) is 2.33. The lowest BCUT2D eigenvalue weighted by molar-refractivity contribution is 0.0891. The number of nitrogen functional groups attached to an aromatic ring is 1. The molecule has 0 aliphatic heterocycles. The van der Waals surface area contributed by atoms with E-state index in [1.54, 1.807) is 19.2 Å². The first-order valence-corrected chi connectivity index (χ1v) is 6.24. The molecule has 0 fully saturated rings. The van der Waals surface area contributed by atoms with E-state index in [-0.39, 0.29) is 11.9 Å². The Morgan fingerprint density at radius 2 is 2.22 bits per heavy atom. The summed E-state index contributed by atoms with van der Waals surface area (Å²) in [5.41, 5.74) is 8.02. The Morgan fingerprint density at radius 3 is 2.78 bits per heavy atom. The topological polar surface area (TPSA) is 64.3 Å². The minimum absolute atomic E-state index is 0.0510. The maximum absolute atomic E-state index is 12.0. The van der Waals surface area contributed by atoms with E-state index >= 15 is 0 Å². The molecule has 0 aliphatic rings. The SMILES string of the molecule is CCCC(COC)NC(=O)c1ccc(C)c(N)c1. The molecular weight excluding hydrogens is 228 g/mol. The van der Waals surface area contributed by atoms with Crippen molar-refractivity contribution >= 4 is 11.6 Å². The summed E-state index contributed by atoms with van der Waals surface area (Å²) in [7, 11) is 1.64. The van der Waals surface area contributed by atoms with Gasteiger partial charge in [-0.05, 0) is 31.0 Å². The second-order valence-electron chi connectivity index (χ2n) is 4.49. The molecule has 0 bridgehead atoms. The summed E-state index contributed by atoms with van der Waals surface area (Å²) in [5.74, 6) is -0.0998. The number of ether oxygens (including phenoxy) is 1. The highest BCUT2D eigenvalue weighted by Gasteiger charge is 2.13. The molecule has 3 N–H and O–H groups in total. The lowest BCUT2D eigenvalue weighted by atomic mass is 10.1. The van der Waals surface area contributed by atoms with Crippen molar-refractivity contribution in [2.75, 3.05) is 19.5 Å². The highest BCUT2D eigenvalue weighted by atomic mass is 16.5. The minimum atomic E-state index is -0.0998. The van der Waals surface area contributed by atoms with Crippen molar-refractivity contribution in [3.05, 3.63) is 29.3 Å². The molecule has 0 spiro atoms. The van der Waals surface area contributed by atoms with Gasteiger partial charge < -0.3 is 15.8 Å². The van der Waals surface area contributed by atoms with Crippen molar-refractivity contribution in [3.63, 3.8) is 0 Å². The van der Waals surface area contributed by atoms with E-state index in [0.29, 0.717) is 17.9 Å². The van der Waals surface area contributed by atoms with Crippen molar-refractivity contribution in [2.24, 2.45) is 0 Å². The van der Waals surface area contributed by atoms with E-state index in [1.807, 2.05) is 13.0 Å². The lowest BCUT2D eigenvalue weighted by Crippen LogP contribution is -2.37. The molecule has 1 aromatic rings. The van der Waals surface area contributed by atoms with E-state index in [0.717, 1.165) is 18.4 Å². The van der Waals surface area contributed by atoms with Crippen molar-refractivity contribution in [2.45, 2.75) is 32.7 Å². The van der Waals surface area contributed by atoms with Crippen LogP contribution in [0.1, 0.15) is 35.7 Å². The van der Waals surface area contributed by atoms with Crippen LogP contribution in [0.5, 0.6) is 0 Å². The van der Waals surface area contributed by atoms with Crippen molar-refractivity contribution in [1.82, 2.24) is 5.32 Å². The molecular formula is C14H22N2O2. The standard InChI is InChI=1S/C14H22N2O2/c1-4-5-12(9-18-3)16-14(17)11-7-6-10(2)13(15)8-11/h6-8,12H,4-5,9,15H2,1-3H3,(H,16,17). The number of hydrogen-bond acceptors (Lipinski definition) is 3. The molecule has 1 rings (SSSR count). The van der Waals surface area contributed by atoms with Gasteiger partial charge in [0.15, 0.2) is 0 Å². The number of benzene rings is 1. The molecule has 0 radical (unpaired) electrons. The first kappa shape index (κ1) is 14.5. The van der Waals surface area contributed by atoms with Gasteiger partial charge in [0.25, 0.3) is 5.91 Å². The third-order valence-electron chi connectivity index (χ3n) is 2.88. The molecule has 18 heavy (non-hydrogen) atoms. The molecule has 4 heteroatoms.